The number of ether oxygens (including phenoxy) is 3. The van der Waals surface area contributed by atoms with Gasteiger partial charge < -0.3 is 24.6 Å². The van der Waals surface area contributed by atoms with Crippen molar-refractivity contribution in [1.29, 1.82) is 0 Å². The number of nitrogens with one attached hydrogen (secondary N) is 1. The molecule has 1 amide bonds. The molecule has 2 aromatic carbocycles. The van der Waals surface area contributed by atoms with E-state index in [2.05, 4.69) is 0 Å². The van der Waals surface area contributed by atoms with Crippen LogP contribution in [-0.4, -0.2) is 38.5 Å². The third-order valence-corrected chi connectivity index (χ3v) is 5.08. The molecule has 2 aromatic rings. The van der Waals surface area contributed by atoms with Crippen molar-refractivity contribution in [1.82, 2.24) is 5.32 Å². The maximum Gasteiger partial charge on any atom is 0.471 e. The van der Waals surface area contributed by atoms with Crippen LogP contribution in [0.15, 0.2) is 29.1 Å². The van der Waals surface area contributed by atoms with Crippen LogP contribution in [0.4, 0.5) is 13.2 Å². The summed E-state index contributed by atoms with van der Waals surface area (Å²) in [6.45, 7) is 0. The van der Waals surface area contributed by atoms with Gasteiger partial charge in [0.2, 0.25) is 11.2 Å². The molecule has 0 heterocycles. The Bertz CT molecular complexity index is 1080. The van der Waals surface area contributed by atoms with Gasteiger partial charge in [0.1, 0.15) is 0 Å². The minimum Gasteiger partial charge on any atom is -0.504 e. The summed E-state index contributed by atoms with van der Waals surface area (Å²) in [6, 6.07) is 4.10. The van der Waals surface area contributed by atoms with Crippen LogP contribution < -0.4 is 25.0 Å². The summed E-state index contributed by atoms with van der Waals surface area (Å²) >= 11 is 0. The molecular weight excluding hydrogens is 419 g/mol. The number of aromatic hydroxyl groups is 1. The third-order valence-electron chi connectivity index (χ3n) is 5.08. The van der Waals surface area contributed by atoms with E-state index in [4.69, 9.17) is 14.2 Å². The average molecular weight is 439 g/mol. The van der Waals surface area contributed by atoms with Gasteiger partial charge in [0.15, 0.2) is 17.2 Å². The van der Waals surface area contributed by atoms with Crippen molar-refractivity contribution in [2.45, 2.75) is 25.1 Å². The normalized spacial score (nSPS) is 15.2. The first-order valence-corrected chi connectivity index (χ1v) is 9.19. The number of alkyl halides is 3. The molecular formula is C21H20F3NO6. The highest BCUT2D eigenvalue weighted by Gasteiger charge is 2.41. The lowest BCUT2D eigenvalue weighted by molar-refractivity contribution is -0.174. The van der Waals surface area contributed by atoms with Crippen molar-refractivity contribution in [2.75, 3.05) is 21.3 Å². The molecule has 0 aliphatic heterocycles. The average Bonchev–Trinajstić information content (AvgIpc) is 2.95. The van der Waals surface area contributed by atoms with Gasteiger partial charge >= 0.3 is 12.1 Å². The number of carbonyl (C=O) groups is 1. The number of fused-ring (bicyclic) bond motifs is 3. The van der Waals surface area contributed by atoms with Crippen molar-refractivity contribution >= 4 is 5.91 Å². The van der Waals surface area contributed by atoms with E-state index < -0.39 is 29.3 Å². The Hall–Kier alpha value is -3.43. The maximum atomic E-state index is 12.9. The molecule has 1 aliphatic rings. The summed E-state index contributed by atoms with van der Waals surface area (Å²) in [6.07, 6.45) is -4.79. The number of methoxy groups -OCH3 is 3. The number of benzene rings is 1. The van der Waals surface area contributed by atoms with Crippen LogP contribution in [0.2, 0.25) is 0 Å². The predicted molar refractivity (Wildman–Crippen MR) is 105 cm³/mol. The number of hydrogen-bond acceptors (Lipinski definition) is 6. The van der Waals surface area contributed by atoms with Gasteiger partial charge in [0.05, 0.1) is 27.4 Å². The third kappa shape index (κ3) is 4.10. The SMILES string of the molecule is COc1cc2c(c(OC)c1OC)-c1ccc(O)c(=O)cc1[C@@H](NC(=O)C(F)(F)F)CC2. The molecule has 166 valence electrons. The Morgan fingerprint density at radius 1 is 1.10 bits per heavy atom. The minimum absolute atomic E-state index is 0.0602. The molecule has 1 atom stereocenters. The fourth-order valence-corrected chi connectivity index (χ4v) is 3.69. The van der Waals surface area contributed by atoms with Crippen LogP contribution in [0.1, 0.15) is 23.6 Å². The number of carbonyl (C=O) groups excluding carboxylic acids is 1. The fourth-order valence-electron chi connectivity index (χ4n) is 3.69. The number of aryl methyl sites for hydroxylation is 1. The van der Waals surface area contributed by atoms with E-state index >= 15 is 0 Å². The molecule has 0 saturated carbocycles. The van der Waals surface area contributed by atoms with E-state index in [1.54, 1.807) is 6.07 Å². The van der Waals surface area contributed by atoms with E-state index in [0.29, 0.717) is 22.4 Å². The van der Waals surface area contributed by atoms with Crippen LogP contribution >= 0.6 is 0 Å². The lowest BCUT2D eigenvalue weighted by Gasteiger charge is -2.20. The molecule has 10 heteroatoms. The van der Waals surface area contributed by atoms with Crippen molar-refractivity contribution < 1.29 is 37.3 Å². The van der Waals surface area contributed by atoms with Gasteiger partial charge in [-0.15, -0.1) is 0 Å². The molecule has 3 rings (SSSR count). The van der Waals surface area contributed by atoms with Crippen LogP contribution in [0.25, 0.3) is 11.1 Å². The van der Waals surface area contributed by atoms with Crippen LogP contribution in [-0.2, 0) is 11.2 Å². The monoisotopic (exact) mass is 439 g/mol. The molecule has 7 nitrogen and oxygen atoms in total. The first-order valence-electron chi connectivity index (χ1n) is 9.19. The second-order valence-corrected chi connectivity index (χ2v) is 6.84. The standard InChI is InChI=1S/C21H20F3NO6/c1-29-16-8-10-4-6-13(25-20(28)21(22,23)24)12-9-15(27)14(26)7-5-11(12)17(10)19(31-3)18(16)30-2/h5,7-9,13H,4,6H2,1-3H3,(H,25,28)(H,26,27)/t13-/m0/s1. The van der Waals surface area contributed by atoms with Gasteiger partial charge in [-0.25, -0.2) is 0 Å². The number of hydrogen-bond donors (Lipinski definition) is 2. The van der Waals surface area contributed by atoms with Gasteiger partial charge in [-0.1, -0.05) is 6.07 Å². The molecule has 0 saturated heterocycles. The van der Waals surface area contributed by atoms with Gasteiger partial charge in [0.25, 0.3) is 0 Å². The molecule has 1 aliphatic carbocycles. The quantitative estimate of drug-likeness (QED) is 0.761. The number of rotatable bonds is 4. The Labute approximate surface area is 175 Å². The van der Waals surface area contributed by atoms with Crippen molar-refractivity contribution in [3.05, 3.63) is 45.6 Å². The number of amides is 1. The van der Waals surface area contributed by atoms with E-state index in [1.165, 1.54) is 27.4 Å². The summed E-state index contributed by atoms with van der Waals surface area (Å²) < 4.78 is 55.0. The molecule has 0 fully saturated rings. The van der Waals surface area contributed by atoms with Gasteiger partial charge in [-0.2, -0.15) is 13.2 Å². The van der Waals surface area contributed by atoms with E-state index in [9.17, 15) is 27.9 Å². The second-order valence-electron chi connectivity index (χ2n) is 6.84. The van der Waals surface area contributed by atoms with Crippen LogP contribution in [0, 0.1) is 0 Å². The van der Waals surface area contributed by atoms with E-state index in [0.717, 1.165) is 12.1 Å². The molecule has 31 heavy (non-hydrogen) atoms. The Balaban J connectivity index is 2.34. The fraction of sp³-hybridized carbons (Fsp3) is 0.333. The van der Waals surface area contributed by atoms with Gasteiger partial charge in [-0.05, 0) is 47.7 Å². The highest BCUT2D eigenvalue weighted by Crippen LogP contribution is 2.50. The van der Waals surface area contributed by atoms with Crippen molar-refractivity contribution in [2.24, 2.45) is 0 Å². The summed E-state index contributed by atoms with van der Waals surface area (Å²) in [7, 11) is 4.23. The highest BCUT2D eigenvalue weighted by molar-refractivity contribution is 5.85. The smallest absolute Gasteiger partial charge is 0.471 e. The molecule has 0 unspecified atom stereocenters. The largest absolute Gasteiger partial charge is 0.504 e. The Morgan fingerprint density at radius 3 is 2.35 bits per heavy atom. The zero-order chi connectivity index (χ0) is 22.9. The lowest BCUT2D eigenvalue weighted by atomic mass is 9.95. The summed E-state index contributed by atoms with van der Waals surface area (Å²) in [5.41, 5.74) is 0.754. The summed E-state index contributed by atoms with van der Waals surface area (Å²) in [5.74, 6) is -1.86. The van der Waals surface area contributed by atoms with Gasteiger partial charge in [-0.3, -0.25) is 9.59 Å². The number of halogens is 3. The van der Waals surface area contributed by atoms with Crippen LogP contribution in [0.3, 0.4) is 0 Å². The Morgan fingerprint density at radius 2 is 1.77 bits per heavy atom. The van der Waals surface area contributed by atoms with E-state index in [-0.39, 0.29) is 29.9 Å². The molecule has 0 bridgehead atoms. The zero-order valence-electron chi connectivity index (χ0n) is 16.9. The second kappa shape index (κ2) is 8.37. The van der Waals surface area contributed by atoms with Crippen molar-refractivity contribution in [3.63, 3.8) is 0 Å². The van der Waals surface area contributed by atoms with Gasteiger partial charge in [0, 0.05) is 5.56 Å². The first kappa shape index (κ1) is 22.3. The first-order chi connectivity index (χ1) is 14.6. The molecule has 0 aromatic heterocycles. The Kier molecular flexibility index (Phi) is 6.01. The predicted octanol–water partition coefficient (Wildman–Crippen LogP) is 3.11. The molecule has 2 N–H and O–H groups in total. The minimum atomic E-state index is -5.09. The zero-order valence-corrected chi connectivity index (χ0v) is 16.9. The lowest BCUT2D eigenvalue weighted by Crippen LogP contribution is -2.39. The van der Waals surface area contributed by atoms with Crippen molar-refractivity contribution in [3.8, 4) is 34.1 Å². The maximum absolute atomic E-state index is 12.9. The molecule has 0 spiro atoms. The van der Waals surface area contributed by atoms with E-state index in [1.807, 2.05) is 5.32 Å². The highest BCUT2D eigenvalue weighted by atomic mass is 19.4. The van der Waals surface area contributed by atoms with Crippen LogP contribution in [0.5, 0.6) is 23.0 Å². The topological polar surface area (TPSA) is 94.1 Å². The summed E-state index contributed by atoms with van der Waals surface area (Å²) in [5, 5.41) is 11.9. The molecule has 0 radical (unpaired) electrons. The summed E-state index contributed by atoms with van der Waals surface area (Å²) in [4.78, 5) is 23.9.